The maximum Gasteiger partial charge on any atom is 0.407 e. The summed E-state index contributed by atoms with van der Waals surface area (Å²) >= 11 is 0. The van der Waals surface area contributed by atoms with Crippen LogP contribution in [0.2, 0.25) is 0 Å². The zero-order chi connectivity index (χ0) is 15.7. The molecule has 0 saturated heterocycles. The molecule has 4 heteroatoms. The van der Waals surface area contributed by atoms with Gasteiger partial charge in [0.2, 0.25) is 0 Å². The molecule has 3 aromatic rings. The van der Waals surface area contributed by atoms with Crippen molar-refractivity contribution in [2.24, 2.45) is 0 Å². The van der Waals surface area contributed by atoms with Gasteiger partial charge in [0.1, 0.15) is 0 Å². The summed E-state index contributed by atoms with van der Waals surface area (Å²) in [6.07, 6.45) is -0.109. The molecule has 0 aliphatic heterocycles. The lowest BCUT2D eigenvalue weighted by Gasteiger charge is -2.18. The number of carboxylic acid groups (broad SMARTS) is 1. The SMILES string of the molecule is CN(Cc1c2ccccc2c(C=O)c2ccccc12)C(=O)O. The Labute approximate surface area is 127 Å². The minimum Gasteiger partial charge on any atom is -0.465 e. The van der Waals surface area contributed by atoms with E-state index in [1.165, 1.54) is 4.90 Å². The molecule has 0 aliphatic rings. The lowest BCUT2D eigenvalue weighted by molar-refractivity contribution is 0.112. The predicted octanol–water partition coefficient (Wildman–Crippen LogP) is 3.92. The molecule has 0 radical (unpaired) electrons. The fraction of sp³-hybridized carbons (Fsp3) is 0.111. The molecule has 0 spiro atoms. The monoisotopic (exact) mass is 293 g/mol. The van der Waals surface area contributed by atoms with Gasteiger partial charge in [0.05, 0.1) is 0 Å². The van der Waals surface area contributed by atoms with E-state index in [1.54, 1.807) is 7.05 Å². The van der Waals surface area contributed by atoms with Crippen molar-refractivity contribution < 1.29 is 14.7 Å². The number of benzene rings is 3. The summed E-state index contributed by atoms with van der Waals surface area (Å²) in [5.41, 5.74) is 1.56. The van der Waals surface area contributed by atoms with Crippen LogP contribution in [0.15, 0.2) is 48.5 Å². The van der Waals surface area contributed by atoms with Gasteiger partial charge in [-0.1, -0.05) is 48.5 Å². The first-order valence-electron chi connectivity index (χ1n) is 6.95. The average molecular weight is 293 g/mol. The van der Waals surface area contributed by atoms with Gasteiger partial charge in [-0.2, -0.15) is 0 Å². The van der Waals surface area contributed by atoms with Crippen molar-refractivity contribution in [3.63, 3.8) is 0 Å². The van der Waals surface area contributed by atoms with E-state index in [-0.39, 0.29) is 6.54 Å². The fourth-order valence-electron chi connectivity index (χ4n) is 2.85. The maximum absolute atomic E-state index is 11.6. The number of fused-ring (bicyclic) bond motifs is 2. The van der Waals surface area contributed by atoms with Crippen molar-refractivity contribution in [3.05, 3.63) is 59.7 Å². The molecule has 3 rings (SSSR count). The van der Waals surface area contributed by atoms with Crippen LogP contribution in [0.4, 0.5) is 4.79 Å². The normalized spacial score (nSPS) is 10.8. The lowest BCUT2D eigenvalue weighted by Crippen LogP contribution is -2.24. The lowest BCUT2D eigenvalue weighted by atomic mass is 9.92. The zero-order valence-electron chi connectivity index (χ0n) is 12.1. The number of hydrogen-bond acceptors (Lipinski definition) is 2. The van der Waals surface area contributed by atoms with Crippen molar-refractivity contribution in [2.45, 2.75) is 6.54 Å². The van der Waals surface area contributed by atoms with Crippen LogP contribution in [0, 0.1) is 0 Å². The van der Waals surface area contributed by atoms with Crippen molar-refractivity contribution in [3.8, 4) is 0 Å². The summed E-state index contributed by atoms with van der Waals surface area (Å²) in [5, 5.41) is 12.7. The molecule has 0 aromatic heterocycles. The van der Waals surface area contributed by atoms with Crippen molar-refractivity contribution in [1.29, 1.82) is 0 Å². The molecule has 4 nitrogen and oxygen atoms in total. The Morgan fingerprint density at radius 1 is 1.00 bits per heavy atom. The molecule has 0 heterocycles. The second-order valence-corrected chi connectivity index (χ2v) is 5.24. The van der Waals surface area contributed by atoms with Gasteiger partial charge >= 0.3 is 6.09 Å². The molecule has 0 fully saturated rings. The third-order valence-electron chi connectivity index (χ3n) is 3.92. The fourth-order valence-corrected chi connectivity index (χ4v) is 2.85. The Kier molecular flexibility index (Phi) is 3.51. The quantitative estimate of drug-likeness (QED) is 0.588. The van der Waals surface area contributed by atoms with E-state index in [2.05, 4.69) is 0 Å². The van der Waals surface area contributed by atoms with Crippen LogP contribution in [-0.2, 0) is 6.54 Å². The molecule has 3 aromatic carbocycles. The van der Waals surface area contributed by atoms with Crippen LogP contribution < -0.4 is 0 Å². The Hall–Kier alpha value is -2.88. The number of nitrogens with zero attached hydrogens (tertiary/aromatic N) is 1. The minimum absolute atomic E-state index is 0.273. The predicted molar refractivity (Wildman–Crippen MR) is 86.3 cm³/mol. The van der Waals surface area contributed by atoms with Crippen LogP contribution in [0.5, 0.6) is 0 Å². The van der Waals surface area contributed by atoms with E-state index in [1.807, 2.05) is 48.5 Å². The highest BCUT2D eigenvalue weighted by Crippen LogP contribution is 2.32. The van der Waals surface area contributed by atoms with Crippen LogP contribution in [0.1, 0.15) is 15.9 Å². The molecular weight excluding hydrogens is 278 g/mol. The Morgan fingerprint density at radius 3 is 1.86 bits per heavy atom. The molecular formula is C18H15NO3. The summed E-state index contributed by atoms with van der Waals surface area (Å²) < 4.78 is 0. The number of rotatable bonds is 3. The first-order chi connectivity index (χ1) is 10.6. The highest BCUT2D eigenvalue weighted by atomic mass is 16.4. The van der Waals surface area contributed by atoms with Crippen molar-refractivity contribution in [1.82, 2.24) is 4.90 Å². The van der Waals surface area contributed by atoms with E-state index in [0.29, 0.717) is 5.56 Å². The number of aldehydes is 1. The van der Waals surface area contributed by atoms with E-state index in [4.69, 9.17) is 5.11 Å². The standard InChI is InChI=1S/C18H15NO3/c1-19(18(21)22)10-16-12-6-2-4-8-14(12)17(11-20)15-9-5-3-7-13(15)16/h2-9,11H,10H2,1H3,(H,21,22). The summed E-state index contributed by atoms with van der Waals surface area (Å²) in [4.78, 5) is 24.0. The first-order valence-corrected chi connectivity index (χ1v) is 6.95. The molecule has 0 atom stereocenters. The Balaban J connectivity index is 2.41. The second kappa shape index (κ2) is 5.48. The van der Waals surface area contributed by atoms with Gasteiger partial charge in [0, 0.05) is 19.2 Å². The second-order valence-electron chi connectivity index (χ2n) is 5.24. The van der Waals surface area contributed by atoms with Crippen molar-refractivity contribution >= 4 is 33.9 Å². The van der Waals surface area contributed by atoms with E-state index < -0.39 is 6.09 Å². The van der Waals surface area contributed by atoms with Crippen LogP contribution in [0.3, 0.4) is 0 Å². The van der Waals surface area contributed by atoms with Gasteiger partial charge in [-0.3, -0.25) is 4.79 Å². The van der Waals surface area contributed by atoms with Gasteiger partial charge in [-0.15, -0.1) is 0 Å². The zero-order valence-corrected chi connectivity index (χ0v) is 12.1. The average Bonchev–Trinajstić information content (AvgIpc) is 2.54. The van der Waals surface area contributed by atoms with Crippen LogP contribution >= 0.6 is 0 Å². The van der Waals surface area contributed by atoms with Gasteiger partial charge in [-0.05, 0) is 27.1 Å². The van der Waals surface area contributed by atoms with E-state index in [0.717, 1.165) is 33.4 Å². The highest BCUT2D eigenvalue weighted by Gasteiger charge is 2.15. The summed E-state index contributed by atoms with van der Waals surface area (Å²) in [6, 6.07) is 15.2. The minimum atomic E-state index is -0.979. The Morgan fingerprint density at radius 2 is 1.45 bits per heavy atom. The highest BCUT2D eigenvalue weighted by molar-refractivity contribution is 6.14. The number of amides is 1. The molecule has 0 aliphatic carbocycles. The van der Waals surface area contributed by atoms with Gasteiger partial charge < -0.3 is 10.0 Å². The maximum atomic E-state index is 11.6. The molecule has 1 N–H and O–H groups in total. The first kappa shape index (κ1) is 14.1. The summed E-state index contributed by atoms with van der Waals surface area (Å²) in [6.45, 7) is 0.273. The molecule has 0 bridgehead atoms. The summed E-state index contributed by atoms with van der Waals surface area (Å²) in [5.74, 6) is 0. The van der Waals surface area contributed by atoms with Crippen LogP contribution in [-0.4, -0.2) is 29.4 Å². The molecule has 1 amide bonds. The van der Waals surface area contributed by atoms with Gasteiger partial charge in [-0.25, -0.2) is 4.79 Å². The molecule has 0 unspecified atom stereocenters. The van der Waals surface area contributed by atoms with E-state index in [9.17, 15) is 9.59 Å². The Bertz CT molecular complexity index is 829. The van der Waals surface area contributed by atoms with Crippen LogP contribution in [0.25, 0.3) is 21.5 Å². The summed E-state index contributed by atoms with van der Waals surface area (Å²) in [7, 11) is 1.54. The number of carbonyl (C=O) groups is 2. The number of carbonyl (C=O) groups excluding carboxylic acids is 1. The third kappa shape index (κ3) is 2.19. The number of hydrogen-bond donors (Lipinski definition) is 1. The van der Waals surface area contributed by atoms with Gasteiger partial charge in [0.25, 0.3) is 0 Å². The van der Waals surface area contributed by atoms with E-state index >= 15 is 0 Å². The van der Waals surface area contributed by atoms with Crippen molar-refractivity contribution in [2.75, 3.05) is 7.05 Å². The molecule has 110 valence electrons. The largest absolute Gasteiger partial charge is 0.465 e. The van der Waals surface area contributed by atoms with Gasteiger partial charge in [0.15, 0.2) is 6.29 Å². The topological polar surface area (TPSA) is 57.6 Å². The molecule has 22 heavy (non-hydrogen) atoms. The molecule has 0 saturated carbocycles. The smallest absolute Gasteiger partial charge is 0.407 e. The third-order valence-corrected chi connectivity index (χ3v) is 3.92.